The Hall–Kier alpha value is -0.300. The van der Waals surface area contributed by atoms with E-state index in [0.29, 0.717) is 25.6 Å². The summed E-state index contributed by atoms with van der Waals surface area (Å²) in [6, 6.07) is 12.5. The predicted molar refractivity (Wildman–Crippen MR) is 145 cm³/mol. The first-order chi connectivity index (χ1) is 17.5. The second kappa shape index (κ2) is 20.6. The van der Waals surface area contributed by atoms with Gasteiger partial charge in [-0.15, -0.1) is 0 Å². The molecular weight excluding hydrogens is 520 g/mol. The van der Waals surface area contributed by atoms with E-state index >= 15 is 0 Å². The van der Waals surface area contributed by atoms with Crippen LogP contribution in [0.15, 0.2) is 30.3 Å². The third-order valence-electron chi connectivity index (χ3n) is 7.36. The maximum absolute atomic E-state index is 11.2. The van der Waals surface area contributed by atoms with Crippen LogP contribution in [0.25, 0.3) is 0 Å². The second-order valence-electron chi connectivity index (χ2n) is 9.85. The topological polar surface area (TPSA) is 74.2 Å². The number of esters is 1. The molecule has 1 heterocycles. The Balaban J connectivity index is 0.000000855. The minimum atomic E-state index is -0.442. The van der Waals surface area contributed by atoms with E-state index in [1.54, 1.807) is 6.42 Å². The molecule has 0 amide bonds. The van der Waals surface area contributed by atoms with E-state index in [-0.39, 0.29) is 49.9 Å². The molecule has 1 aromatic rings. The summed E-state index contributed by atoms with van der Waals surface area (Å²) in [5, 5.41) is 10.7. The van der Waals surface area contributed by atoms with Gasteiger partial charge in [-0.1, -0.05) is 39.0 Å². The van der Waals surface area contributed by atoms with E-state index in [1.165, 1.54) is 20.0 Å². The number of hydrogen-bond acceptors (Lipinski definition) is 6. The Kier molecular flexibility index (Phi) is 19.3. The van der Waals surface area contributed by atoms with E-state index in [1.807, 2.05) is 30.3 Å². The molecule has 37 heavy (non-hydrogen) atoms. The fourth-order valence-electron chi connectivity index (χ4n) is 5.40. The Morgan fingerprint density at radius 2 is 1.78 bits per heavy atom. The van der Waals surface area contributed by atoms with E-state index in [9.17, 15) is 9.90 Å². The van der Waals surface area contributed by atoms with Gasteiger partial charge in [0.25, 0.3) is 0 Å². The van der Waals surface area contributed by atoms with Crippen LogP contribution in [-0.2, 0) is 49.4 Å². The van der Waals surface area contributed by atoms with Crippen LogP contribution in [0.2, 0.25) is 0 Å². The van der Waals surface area contributed by atoms with E-state index in [4.69, 9.17) is 14.0 Å². The maximum Gasteiger partial charge on any atom is 3.00 e. The number of methoxy groups -OCH3 is 1. The monoisotopic (exact) mass is 567 g/mol. The van der Waals surface area contributed by atoms with Gasteiger partial charge in [-0.05, 0) is 31.1 Å². The third-order valence-corrected chi connectivity index (χ3v) is 7.71. The molecule has 1 N–H and O–H groups in total. The molecule has 5 atom stereocenters. The average molecular weight is 568 g/mol. The van der Waals surface area contributed by atoms with E-state index < -0.39 is 5.79 Å². The molecule has 2 fully saturated rings. The normalized spacial score (nSPS) is 24.0. The standard InChI is InChI=1S/C23H42O6P.C6H5.Sc/c1-3-4-9-13-23(27-15-16-28-23)14-12-19-18(20(24)17-21(19)29-30)10-7-5-6-8-11-22(25)26-2;1-2-4-6-5-3-1;/h11,18-21,24H,3-10,12-17,30H2,1-2H3;1-5H;/q2*-1;+3. The van der Waals surface area contributed by atoms with Gasteiger partial charge >= 0.3 is 25.8 Å². The van der Waals surface area contributed by atoms with Crippen molar-refractivity contribution >= 4 is 15.4 Å². The molecule has 1 aromatic carbocycles. The molecule has 0 radical (unpaired) electrons. The molecular formula is C29H47O6PSc+. The number of carbonyl (C=O) groups is 1. The molecule has 1 aliphatic carbocycles. The number of hydrogen-bond donors (Lipinski definition) is 1. The van der Waals surface area contributed by atoms with Crippen molar-refractivity contribution in [1.29, 1.82) is 0 Å². The first kappa shape index (κ1) is 34.7. The SMILES string of the molecule is CCCCCC1(CCC2C(OP)CC(O)C2CCCCC[CH-]C(=O)OC)OCCO1.[Sc+3].[c-]1ccccc1. The minimum absolute atomic E-state index is 0. The van der Waals surface area contributed by atoms with Crippen LogP contribution in [-0.4, -0.2) is 49.4 Å². The fourth-order valence-corrected chi connectivity index (χ4v) is 5.71. The molecule has 5 unspecified atom stereocenters. The zero-order chi connectivity index (χ0) is 26.1. The van der Waals surface area contributed by atoms with Crippen molar-refractivity contribution in [3.05, 3.63) is 42.8 Å². The quantitative estimate of drug-likeness (QED) is 0.120. The summed E-state index contributed by atoms with van der Waals surface area (Å²) in [7, 11) is 3.80. The number of unbranched alkanes of at least 4 members (excludes halogenated alkanes) is 5. The largest absolute Gasteiger partial charge is 3.00 e. The van der Waals surface area contributed by atoms with E-state index in [0.717, 1.165) is 57.8 Å². The van der Waals surface area contributed by atoms with Crippen LogP contribution in [0.4, 0.5) is 0 Å². The molecule has 3 rings (SSSR count). The molecule has 0 bridgehead atoms. The van der Waals surface area contributed by atoms with Crippen molar-refractivity contribution in [2.75, 3.05) is 20.3 Å². The van der Waals surface area contributed by atoms with Crippen LogP contribution in [0.5, 0.6) is 0 Å². The second-order valence-corrected chi connectivity index (χ2v) is 10.1. The maximum atomic E-state index is 11.2. The van der Waals surface area contributed by atoms with Crippen LogP contribution in [0.1, 0.15) is 84.0 Å². The summed E-state index contributed by atoms with van der Waals surface area (Å²) in [5.74, 6) is -0.141. The first-order valence-corrected chi connectivity index (χ1v) is 14.2. The Bertz CT molecular complexity index is 662. The fraction of sp³-hybridized carbons (Fsp3) is 0.724. The summed E-state index contributed by atoms with van der Waals surface area (Å²) in [4.78, 5) is 11.2. The molecule has 206 valence electrons. The van der Waals surface area contributed by atoms with Gasteiger partial charge in [0.05, 0.1) is 32.5 Å². The van der Waals surface area contributed by atoms with Gasteiger partial charge in [0.15, 0.2) is 11.8 Å². The van der Waals surface area contributed by atoms with Crippen LogP contribution < -0.4 is 0 Å². The van der Waals surface area contributed by atoms with Crippen molar-refractivity contribution in [1.82, 2.24) is 0 Å². The van der Waals surface area contributed by atoms with Crippen LogP contribution >= 0.6 is 9.47 Å². The minimum Gasteiger partial charge on any atom is -0.491 e. The third kappa shape index (κ3) is 13.1. The summed E-state index contributed by atoms with van der Waals surface area (Å²) >= 11 is 0. The summed E-state index contributed by atoms with van der Waals surface area (Å²) in [6.45, 7) is 3.56. The number of carbonyl (C=O) groups excluding carboxylic acids is 1. The van der Waals surface area contributed by atoms with Gasteiger partial charge in [-0.3, -0.25) is 11.2 Å². The molecule has 1 saturated heterocycles. The predicted octanol–water partition coefficient (Wildman–Crippen LogP) is 6.07. The number of aliphatic hydroxyl groups is 1. The molecule has 1 aliphatic heterocycles. The van der Waals surface area contributed by atoms with Crippen molar-refractivity contribution in [2.24, 2.45) is 11.8 Å². The van der Waals surface area contributed by atoms with Crippen molar-refractivity contribution in [3.8, 4) is 0 Å². The summed E-state index contributed by atoms with van der Waals surface area (Å²) in [6.07, 6.45) is 13.1. The average Bonchev–Trinajstić information content (AvgIpc) is 3.50. The van der Waals surface area contributed by atoms with Crippen LogP contribution in [0, 0.1) is 24.3 Å². The molecule has 0 spiro atoms. The van der Waals surface area contributed by atoms with Crippen LogP contribution in [0.3, 0.4) is 0 Å². The zero-order valence-electron chi connectivity index (χ0n) is 22.8. The number of ether oxygens (including phenoxy) is 3. The Morgan fingerprint density at radius 3 is 2.35 bits per heavy atom. The molecule has 6 nitrogen and oxygen atoms in total. The van der Waals surface area contributed by atoms with Crippen molar-refractivity contribution < 1.29 is 54.5 Å². The molecule has 8 heteroatoms. The number of rotatable bonds is 15. The van der Waals surface area contributed by atoms with Gasteiger partial charge in [-0.2, -0.15) is 42.8 Å². The Labute approximate surface area is 246 Å². The smallest absolute Gasteiger partial charge is 0.491 e. The number of benzene rings is 1. The van der Waals surface area contributed by atoms with E-state index in [2.05, 4.69) is 27.2 Å². The number of aliphatic hydroxyl groups excluding tert-OH is 1. The van der Waals surface area contributed by atoms with Gasteiger partial charge in [0.2, 0.25) is 0 Å². The van der Waals surface area contributed by atoms with Gasteiger partial charge in [-0.25, -0.2) is 0 Å². The van der Waals surface area contributed by atoms with Gasteiger partial charge in [0, 0.05) is 28.7 Å². The van der Waals surface area contributed by atoms with Gasteiger partial charge < -0.3 is 23.8 Å². The zero-order valence-corrected chi connectivity index (χ0v) is 25.8. The molecule has 2 aliphatic rings. The molecule has 1 saturated carbocycles. The van der Waals surface area contributed by atoms with Crippen molar-refractivity contribution in [3.63, 3.8) is 0 Å². The summed E-state index contributed by atoms with van der Waals surface area (Å²) < 4.78 is 22.4. The summed E-state index contributed by atoms with van der Waals surface area (Å²) in [5.41, 5.74) is 0. The first-order valence-electron chi connectivity index (χ1n) is 13.7. The molecule has 0 aromatic heterocycles. The Morgan fingerprint density at radius 1 is 1.05 bits per heavy atom. The van der Waals surface area contributed by atoms with Gasteiger partial charge in [0.1, 0.15) is 0 Å². The van der Waals surface area contributed by atoms with Crippen molar-refractivity contribution in [2.45, 2.75) is 102 Å².